The second kappa shape index (κ2) is 5.89. The van der Waals surface area contributed by atoms with Crippen molar-refractivity contribution in [2.24, 2.45) is 0 Å². The molecule has 0 aliphatic carbocycles. The maximum Gasteiger partial charge on any atom is 0.193 e. The van der Waals surface area contributed by atoms with E-state index in [2.05, 4.69) is 40.4 Å². The molecule has 1 aromatic heterocycles. The fraction of sp³-hybridized carbons (Fsp3) is 0.600. The van der Waals surface area contributed by atoms with Crippen LogP contribution in [0.25, 0.3) is 0 Å². The largest absolute Gasteiger partial charge is 0.467 e. The van der Waals surface area contributed by atoms with E-state index in [1.54, 1.807) is 6.26 Å². The molecule has 1 atom stereocenters. The number of hydrogen-bond acceptors (Lipinski definition) is 2. The van der Waals surface area contributed by atoms with Crippen molar-refractivity contribution in [2.75, 3.05) is 0 Å². The van der Waals surface area contributed by atoms with Crippen LogP contribution in [-0.4, -0.2) is 8.32 Å². The predicted octanol–water partition coefficient (Wildman–Crippen LogP) is 5.31. The summed E-state index contributed by atoms with van der Waals surface area (Å²) in [6.45, 7) is 15.1. The van der Waals surface area contributed by atoms with E-state index in [0.29, 0.717) is 0 Å². The molecule has 0 aliphatic heterocycles. The van der Waals surface area contributed by atoms with Gasteiger partial charge in [0.15, 0.2) is 8.32 Å². The molecule has 0 radical (unpaired) electrons. The molecule has 102 valence electrons. The highest BCUT2D eigenvalue weighted by atomic mass is 28.4. The molecule has 1 heterocycles. The average molecular weight is 266 g/mol. The van der Waals surface area contributed by atoms with Crippen molar-refractivity contribution in [1.29, 1.82) is 0 Å². The molecule has 0 aromatic carbocycles. The van der Waals surface area contributed by atoms with E-state index in [1.807, 2.05) is 18.2 Å². The number of rotatable bonds is 6. The van der Waals surface area contributed by atoms with E-state index in [1.165, 1.54) is 0 Å². The first-order valence-electron chi connectivity index (χ1n) is 6.60. The highest BCUT2D eigenvalue weighted by Crippen LogP contribution is 2.40. The zero-order valence-electron chi connectivity index (χ0n) is 12.3. The molecule has 1 rings (SSSR count). The van der Waals surface area contributed by atoms with Crippen molar-refractivity contribution in [3.05, 3.63) is 36.8 Å². The molecule has 0 bridgehead atoms. The smallest absolute Gasteiger partial charge is 0.193 e. The molecule has 0 unspecified atom stereocenters. The highest BCUT2D eigenvalue weighted by Gasteiger charge is 2.39. The number of furan rings is 1. The summed E-state index contributed by atoms with van der Waals surface area (Å²) in [5, 5.41) is 0.214. The van der Waals surface area contributed by atoms with Crippen LogP contribution in [0.15, 0.2) is 35.5 Å². The van der Waals surface area contributed by atoms with Gasteiger partial charge in [0.2, 0.25) is 0 Å². The van der Waals surface area contributed by atoms with E-state index in [4.69, 9.17) is 8.84 Å². The molecule has 0 spiro atoms. The van der Waals surface area contributed by atoms with Crippen molar-refractivity contribution in [3.8, 4) is 0 Å². The minimum absolute atomic E-state index is 0.0545. The van der Waals surface area contributed by atoms with Crippen molar-refractivity contribution >= 4 is 8.32 Å². The van der Waals surface area contributed by atoms with E-state index in [9.17, 15) is 0 Å². The Bertz CT molecular complexity index is 360. The molecular weight excluding hydrogens is 240 g/mol. The Kier molecular flexibility index (Phi) is 4.99. The van der Waals surface area contributed by atoms with Crippen LogP contribution in [0.5, 0.6) is 0 Å². The van der Waals surface area contributed by atoms with Gasteiger partial charge in [-0.05, 0) is 43.1 Å². The fourth-order valence-corrected chi connectivity index (χ4v) is 2.83. The molecule has 2 nitrogen and oxygen atoms in total. The van der Waals surface area contributed by atoms with Crippen LogP contribution in [0.4, 0.5) is 0 Å². The molecule has 1 aromatic rings. The molecule has 0 aliphatic rings. The second-order valence-corrected chi connectivity index (χ2v) is 11.0. The zero-order valence-corrected chi connectivity index (χ0v) is 13.3. The Hall–Kier alpha value is -0.803. The van der Waals surface area contributed by atoms with Gasteiger partial charge in [0.1, 0.15) is 11.9 Å². The lowest BCUT2D eigenvalue weighted by Gasteiger charge is -2.38. The van der Waals surface area contributed by atoms with Crippen LogP contribution in [0, 0.1) is 0 Å². The van der Waals surface area contributed by atoms with Crippen LogP contribution >= 0.6 is 0 Å². The third kappa shape index (κ3) is 3.85. The fourth-order valence-electron chi connectivity index (χ4n) is 1.54. The van der Waals surface area contributed by atoms with E-state index in [-0.39, 0.29) is 11.1 Å². The predicted molar refractivity (Wildman–Crippen MR) is 79.2 cm³/mol. The minimum Gasteiger partial charge on any atom is -0.467 e. The number of allylic oxidation sites excluding steroid dienone is 1. The summed E-state index contributed by atoms with van der Waals surface area (Å²) in [7, 11) is -1.77. The molecule has 0 saturated carbocycles. The average Bonchev–Trinajstić information content (AvgIpc) is 2.75. The maximum absolute atomic E-state index is 6.45. The zero-order chi connectivity index (χ0) is 13.8. The van der Waals surface area contributed by atoms with Crippen LogP contribution in [-0.2, 0) is 4.43 Å². The van der Waals surface area contributed by atoms with E-state index >= 15 is 0 Å². The molecular formula is C15H26O2Si. The first kappa shape index (κ1) is 15.3. The van der Waals surface area contributed by atoms with Gasteiger partial charge >= 0.3 is 0 Å². The third-order valence-corrected chi connectivity index (χ3v) is 8.22. The second-order valence-electron chi connectivity index (χ2n) is 6.25. The standard InChI is InChI=1S/C15H26O2Si/c1-7-8-10-14(13-11-9-12-16-13)17-18(5,6)15(2,3)4/h7,9,11-12,14H,1,8,10H2,2-6H3/t14-/m0/s1. The molecule has 3 heteroatoms. The Labute approximate surface area is 112 Å². The van der Waals surface area contributed by atoms with Gasteiger partial charge in [-0.1, -0.05) is 26.8 Å². The van der Waals surface area contributed by atoms with Gasteiger partial charge in [0.05, 0.1) is 6.26 Å². The van der Waals surface area contributed by atoms with Crippen molar-refractivity contribution in [3.63, 3.8) is 0 Å². The topological polar surface area (TPSA) is 22.4 Å². The van der Waals surface area contributed by atoms with Crippen LogP contribution in [0.1, 0.15) is 45.5 Å². The lowest BCUT2D eigenvalue weighted by molar-refractivity contribution is 0.149. The van der Waals surface area contributed by atoms with E-state index < -0.39 is 8.32 Å². The van der Waals surface area contributed by atoms with Gasteiger partial charge in [0, 0.05) is 0 Å². The Morgan fingerprint density at radius 1 is 1.44 bits per heavy atom. The van der Waals surface area contributed by atoms with Crippen LogP contribution < -0.4 is 0 Å². The first-order valence-corrected chi connectivity index (χ1v) is 9.51. The third-order valence-electron chi connectivity index (χ3n) is 3.74. The van der Waals surface area contributed by atoms with Gasteiger partial charge in [-0.25, -0.2) is 0 Å². The molecule has 0 fully saturated rings. The molecule has 0 N–H and O–H groups in total. The van der Waals surface area contributed by atoms with E-state index in [0.717, 1.165) is 18.6 Å². The SMILES string of the molecule is C=CCC[C@H](O[Si](C)(C)C(C)(C)C)c1ccco1. The Balaban J connectivity index is 2.82. The van der Waals surface area contributed by atoms with Crippen LogP contribution in [0.3, 0.4) is 0 Å². The monoisotopic (exact) mass is 266 g/mol. The molecule has 18 heavy (non-hydrogen) atoms. The minimum atomic E-state index is -1.77. The molecule has 0 amide bonds. The summed E-state index contributed by atoms with van der Waals surface area (Å²) in [4.78, 5) is 0. The summed E-state index contributed by atoms with van der Waals surface area (Å²) in [5.41, 5.74) is 0. The van der Waals surface area contributed by atoms with Gasteiger partial charge < -0.3 is 8.84 Å². The van der Waals surface area contributed by atoms with Crippen molar-refractivity contribution in [1.82, 2.24) is 0 Å². The van der Waals surface area contributed by atoms with Gasteiger partial charge in [0.25, 0.3) is 0 Å². The Morgan fingerprint density at radius 3 is 2.56 bits per heavy atom. The summed E-state index contributed by atoms with van der Waals surface area (Å²) < 4.78 is 12.0. The maximum atomic E-state index is 6.45. The summed E-state index contributed by atoms with van der Waals surface area (Å²) in [6, 6.07) is 3.92. The van der Waals surface area contributed by atoms with Gasteiger partial charge in [-0.2, -0.15) is 0 Å². The first-order chi connectivity index (χ1) is 8.28. The van der Waals surface area contributed by atoms with Crippen LogP contribution in [0.2, 0.25) is 18.1 Å². The quantitative estimate of drug-likeness (QED) is 0.514. The van der Waals surface area contributed by atoms with Crippen molar-refractivity contribution in [2.45, 2.75) is 57.8 Å². The Morgan fingerprint density at radius 2 is 2.11 bits per heavy atom. The lowest BCUT2D eigenvalue weighted by atomic mass is 10.1. The highest BCUT2D eigenvalue weighted by molar-refractivity contribution is 6.74. The lowest BCUT2D eigenvalue weighted by Crippen LogP contribution is -2.41. The number of hydrogen-bond donors (Lipinski definition) is 0. The van der Waals surface area contributed by atoms with Crippen molar-refractivity contribution < 1.29 is 8.84 Å². The van der Waals surface area contributed by atoms with Gasteiger partial charge in [-0.15, -0.1) is 6.58 Å². The summed E-state index contributed by atoms with van der Waals surface area (Å²) in [6.07, 6.45) is 5.58. The molecule has 0 saturated heterocycles. The normalized spacial score (nSPS) is 14.5. The van der Waals surface area contributed by atoms with Gasteiger partial charge in [-0.3, -0.25) is 0 Å². The summed E-state index contributed by atoms with van der Waals surface area (Å²) >= 11 is 0. The summed E-state index contributed by atoms with van der Waals surface area (Å²) in [5.74, 6) is 0.932.